The molecule has 0 aliphatic carbocycles. The maximum atomic E-state index is 4.60. The highest BCUT2D eigenvalue weighted by atomic mass is 79.9. The summed E-state index contributed by atoms with van der Waals surface area (Å²) in [5.41, 5.74) is 4.78. The van der Waals surface area contributed by atoms with Crippen LogP contribution in [0.2, 0.25) is 0 Å². The van der Waals surface area contributed by atoms with Gasteiger partial charge in [0.2, 0.25) is 0 Å². The average molecular weight is 397 g/mol. The van der Waals surface area contributed by atoms with E-state index in [9.17, 15) is 0 Å². The number of hydrogen-bond acceptors (Lipinski definition) is 4. The second-order valence-electron chi connectivity index (χ2n) is 5.75. The molecule has 126 valence electrons. The Morgan fingerprint density at radius 1 is 1.08 bits per heavy atom. The molecule has 0 amide bonds. The number of aryl methyl sites for hydroxylation is 1. The molecule has 6 nitrogen and oxygen atoms in total. The number of H-pyrrole nitrogens is 2. The predicted octanol–water partition coefficient (Wildman–Crippen LogP) is 4.29. The van der Waals surface area contributed by atoms with Crippen molar-refractivity contribution in [3.63, 3.8) is 0 Å². The normalized spacial score (nSPS) is 11.1. The minimum Gasteiger partial charge on any atom is -0.379 e. The Morgan fingerprint density at radius 2 is 1.92 bits per heavy atom. The number of nitrogens with zero attached hydrogens (tertiary/aromatic N) is 3. The molecule has 0 saturated carbocycles. The molecule has 0 atom stereocenters. The molecule has 0 aliphatic heterocycles. The van der Waals surface area contributed by atoms with Gasteiger partial charge in [0.15, 0.2) is 5.65 Å². The van der Waals surface area contributed by atoms with E-state index in [1.165, 1.54) is 0 Å². The Labute approximate surface area is 153 Å². The number of benzene rings is 1. The van der Waals surface area contributed by atoms with Crippen molar-refractivity contribution in [2.45, 2.75) is 19.9 Å². The van der Waals surface area contributed by atoms with Crippen molar-refractivity contribution in [1.82, 2.24) is 24.9 Å². The van der Waals surface area contributed by atoms with E-state index in [0.29, 0.717) is 0 Å². The molecule has 0 spiro atoms. The summed E-state index contributed by atoms with van der Waals surface area (Å²) in [5, 5.41) is 3.39. The van der Waals surface area contributed by atoms with Crippen molar-refractivity contribution < 1.29 is 0 Å². The monoisotopic (exact) mass is 396 g/mol. The molecule has 4 rings (SSSR count). The average Bonchev–Trinajstić information content (AvgIpc) is 3.26. The number of aromatic nitrogens is 5. The number of imidazole rings is 2. The van der Waals surface area contributed by atoms with Crippen LogP contribution in [0.3, 0.4) is 0 Å². The zero-order valence-corrected chi connectivity index (χ0v) is 15.3. The molecular formula is C18H17BrN6. The zero-order chi connectivity index (χ0) is 17.2. The van der Waals surface area contributed by atoms with Gasteiger partial charge >= 0.3 is 0 Å². The molecule has 4 aromatic rings. The summed E-state index contributed by atoms with van der Waals surface area (Å²) >= 11 is 3.42. The lowest BCUT2D eigenvalue weighted by atomic mass is 10.2. The van der Waals surface area contributed by atoms with Crippen LogP contribution in [-0.4, -0.2) is 24.9 Å². The van der Waals surface area contributed by atoms with E-state index >= 15 is 0 Å². The lowest BCUT2D eigenvalue weighted by Gasteiger charge is -2.05. The Balaban J connectivity index is 1.48. The standard InChI is InChI=1S/C18H17BrN6/c1-2-16-21-10-14(23-16)9-20-13-5-3-11(4-6-13)17-24-15-7-12(19)8-22-18(15)25-17/h3-8,10,20H,2,9H2,1H3,(H,21,23)(H,22,24,25). The Bertz CT molecular complexity index is 1000. The van der Waals surface area contributed by atoms with E-state index in [1.807, 2.05) is 36.5 Å². The van der Waals surface area contributed by atoms with E-state index < -0.39 is 0 Å². The smallest absolute Gasteiger partial charge is 0.157 e. The molecule has 3 heterocycles. The molecule has 7 heteroatoms. The number of fused-ring (bicyclic) bond motifs is 1. The number of rotatable bonds is 5. The van der Waals surface area contributed by atoms with Crippen molar-refractivity contribution in [1.29, 1.82) is 0 Å². The van der Waals surface area contributed by atoms with Gasteiger partial charge in [0.05, 0.1) is 18.4 Å². The molecule has 25 heavy (non-hydrogen) atoms. The summed E-state index contributed by atoms with van der Waals surface area (Å²) in [6.07, 6.45) is 4.55. The molecule has 3 aromatic heterocycles. The van der Waals surface area contributed by atoms with Gasteiger partial charge in [-0.3, -0.25) is 0 Å². The summed E-state index contributed by atoms with van der Waals surface area (Å²) < 4.78 is 0.919. The van der Waals surface area contributed by atoms with Gasteiger partial charge in [-0.15, -0.1) is 0 Å². The first-order valence-corrected chi connectivity index (χ1v) is 8.89. The Morgan fingerprint density at radius 3 is 2.68 bits per heavy atom. The lowest BCUT2D eigenvalue weighted by Crippen LogP contribution is -1.99. The van der Waals surface area contributed by atoms with Crippen LogP contribution in [0.5, 0.6) is 0 Å². The van der Waals surface area contributed by atoms with Gasteiger partial charge in [-0.25, -0.2) is 15.0 Å². The molecule has 1 aromatic carbocycles. The highest BCUT2D eigenvalue weighted by Gasteiger charge is 2.07. The van der Waals surface area contributed by atoms with Crippen LogP contribution in [0, 0.1) is 0 Å². The molecule has 0 radical (unpaired) electrons. The van der Waals surface area contributed by atoms with E-state index in [-0.39, 0.29) is 0 Å². The minimum absolute atomic E-state index is 0.717. The third-order valence-corrected chi connectivity index (χ3v) is 4.39. The third-order valence-electron chi connectivity index (χ3n) is 3.96. The zero-order valence-electron chi connectivity index (χ0n) is 13.7. The van der Waals surface area contributed by atoms with Crippen molar-refractivity contribution >= 4 is 32.8 Å². The van der Waals surface area contributed by atoms with Crippen LogP contribution in [0.25, 0.3) is 22.6 Å². The highest BCUT2D eigenvalue weighted by Crippen LogP contribution is 2.23. The predicted molar refractivity (Wildman–Crippen MR) is 102 cm³/mol. The molecule has 3 N–H and O–H groups in total. The minimum atomic E-state index is 0.717. The van der Waals surface area contributed by atoms with Crippen molar-refractivity contribution in [3.8, 4) is 11.4 Å². The summed E-state index contributed by atoms with van der Waals surface area (Å²) in [6, 6.07) is 10.1. The van der Waals surface area contributed by atoms with Crippen LogP contribution < -0.4 is 5.32 Å². The number of nitrogens with one attached hydrogen (secondary N) is 3. The highest BCUT2D eigenvalue weighted by molar-refractivity contribution is 9.10. The van der Waals surface area contributed by atoms with Gasteiger partial charge in [0.1, 0.15) is 17.2 Å². The van der Waals surface area contributed by atoms with E-state index in [1.54, 1.807) is 6.20 Å². The topological polar surface area (TPSA) is 82.3 Å². The van der Waals surface area contributed by atoms with Crippen LogP contribution in [0.15, 0.2) is 47.2 Å². The Hall–Kier alpha value is -2.67. The second-order valence-corrected chi connectivity index (χ2v) is 6.66. The quantitative estimate of drug-likeness (QED) is 0.469. The van der Waals surface area contributed by atoms with Crippen LogP contribution in [-0.2, 0) is 13.0 Å². The number of anilines is 1. The van der Waals surface area contributed by atoms with Gasteiger partial charge in [-0.05, 0) is 46.3 Å². The fourth-order valence-electron chi connectivity index (χ4n) is 2.63. The van der Waals surface area contributed by atoms with Crippen LogP contribution >= 0.6 is 15.9 Å². The van der Waals surface area contributed by atoms with E-state index in [0.717, 1.165) is 57.2 Å². The first kappa shape index (κ1) is 15.8. The third kappa shape index (κ3) is 3.41. The summed E-state index contributed by atoms with van der Waals surface area (Å²) in [6.45, 7) is 2.80. The first-order chi connectivity index (χ1) is 12.2. The van der Waals surface area contributed by atoms with Gasteiger partial charge in [-0.2, -0.15) is 0 Å². The molecule has 0 fully saturated rings. The van der Waals surface area contributed by atoms with E-state index in [4.69, 9.17) is 0 Å². The maximum absolute atomic E-state index is 4.60. The SMILES string of the molecule is CCc1ncc(CNc2ccc(-c3nc4cc(Br)cnc4[nH]3)cc2)[nH]1. The molecule has 0 bridgehead atoms. The second kappa shape index (κ2) is 6.68. The van der Waals surface area contributed by atoms with Crippen LogP contribution in [0.4, 0.5) is 5.69 Å². The first-order valence-electron chi connectivity index (χ1n) is 8.09. The van der Waals surface area contributed by atoms with Crippen molar-refractivity contribution in [2.24, 2.45) is 0 Å². The van der Waals surface area contributed by atoms with Crippen molar-refractivity contribution in [2.75, 3.05) is 5.32 Å². The lowest BCUT2D eigenvalue weighted by molar-refractivity contribution is 0.965. The Kier molecular flexibility index (Phi) is 4.23. The summed E-state index contributed by atoms with van der Waals surface area (Å²) in [7, 11) is 0. The summed E-state index contributed by atoms with van der Waals surface area (Å²) in [5.74, 6) is 1.82. The van der Waals surface area contributed by atoms with Gasteiger partial charge < -0.3 is 15.3 Å². The fourth-order valence-corrected chi connectivity index (χ4v) is 2.95. The van der Waals surface area contributed by atoms with E-state index in [2.05, 4.69) is 53.1 Å². The molecule has 0 aliphatic rings. The number of halogens is 1. The van der Waals surface area contributed by atoms with Crippen LogP contribution in [0.1, 0.15) is 18.4 Å². The summed E-state index contributed by atoms with van der Waals surface area (Å²) in [4.78, 5) is 19.8. The molecule has 0 saturated heterocycles. The number of aromatic amines is 2. The van der Waals surface area contributed by atoms with Crippen molar-refractivity contribution in [3.05, 3.63) is 58.7 Å². The van der Waals surface area contributed by atoms with Gasteiger partial charge in [-0.1, -0.05) is 6.92 Å². The maximum Gasteiger partial charge on any atom is 0.157 e. The fraction of sp³-hybridized carbons (Fsp3) is 0.167. The number of hydrogen-bond donors (Lipinski definition) is 3. The van der Waals surface area contributed by atoms with Gasteiger partial charge in [0, 0.05) is 28.3 Å². The molecular weight excluding hydrogens is 380 g/mol. The van der Waals surface area contributed by atoms with Gasteiger partial charge in [0.25, 0.3) is 0 Å². The number of pyridine rings is 1. The molecule has 0 unspecified atom stereocenters. The largest absolute Gasteiger partial charge is 0.379 e.